The topological polar surface area (TPSA) is 12.0 Å². The van der Waals surface area contributed by atoms with Crippen LogP contribution in [0.25, 0.3) is 11.0 Å². The van der Waals surface area contributed by atoms with Crippen molar-refractivity contribution in [3.63, 3.8) is 0 Å². The summed E-state index contributed by atoms with van der Waals surface area (Å²) in [4.78, 5) is 0. The Balaban J connectivity index is 1.86. The Labute approximate surface area is 166 Å². The Morgan fingerprint density at radius 2 is 1.04 bits per heavy atom. The molecule has 0 amide bonds. The number of para-hydroxylation sites is 1. The third kappa shape index (κ3) is 2.93. The smallest absolute Gasteiger partial charge is 0.322 e. The molecule has 0 saturated heterocycles. The van der Waals surface area contributed by atoms with Crippen molar-refractivity contribution < 1.29 is 0 Å². The maximum Gasteiger partial charge on any atom is 0.322 e. The Morgan fingerprint density at radius 1 is 0.500 bits per heavy atom. The van der Waals surface area contributed by atoms with Gasteiger partial charge in [0.05, 0.1) is 0 Å². The molecule has 1 aliphatic heterocycles. The molecule has 1 aliphatic rings. The van der Waals surface area contributed by atoms with Gasteiger partial charge in [-0.15, -0.1) is 0 Å². The number of fused-ring (bicyclic) bond motifs is 1. The van der Waals surface area contributed by atoms with Crippen LogP contribution in [0, 0.1) is 0 Å². The maximum atomic E-state index is 3.80. The minimum atomic E-state index is 0.0914. The van der Waals surface area contributed by atoms with E-state index in [-0.39, 0.29) is 6.85 Å². The average molecular weight is 357 g/mol. The molecule has 0 aliphatic carbocycles. The molecule has 2 heteroatoms. The molecule has 0 unspecified atom stereocenters. The lowest BCUT2D eigenvalue weighted by Crippen LogP contribution is -2.42. The van der Waals surface area contributed by atoms with Crippen LogP contribution in [0.4, 0.5) is 5.69 Å². The van der Waals surface area contributed by atoms with E-state index >= 15 is 0 Å². The zero-order valence-corrected chi connectivity index (χ0v) is 15.5. The van der Waals surface area contributed by atoms with E-state index < -0.39 is 0 Å². The number of benzene rings is 4. The predicted molar refractivity (Wildman–Crippen MR) is 121 cm³/mol. The highest BCUT2D eigenvalue weighted by Gasteiger charge is 2.32. The molecule has 1 heterocycles. The number of anilines is 1. The lowest BCUT2D eigenvalue weighted by Gasteiger charge is -2.31. The van der Waals surface area contributed by atoms with Gasteiger partial charge in [0, 0.05) is 11.3 Å². The van der Waals surface area contributed by atoms with E-state index in [1.165, 1.54) is 38.9 Å². The quantitative estimate of drug-likeness (QED) is 0.477. The van der Waals surface area contributed by atoms with Gasteiger partial charge in [-0.25, -0.2) is 0 Å². The monoisotopic (exact) mass is 357 g/mol. The lowest BCUT2D eigenvalue weighted by atomic mass is 9.45. The van der Waals surface area contributed by atoms with E-state index in [2.05, 4.69) is 120 Å². The van der Waals surface area contributed by atoms with Crippen LogP contribution in [-0.2, 0) is 0 Å². The van der Waals surface area contributed by atoms with Crippen LogP contribution in [0.2, 0.25) is 0 Å². The standard InChI is InChI=1S/C26H20BN/c1-4-12-20(13-5-1)25-23-18-10-11-19-24(23)28-27(22-16-8-3-9-17-22)26(25)21-14-6-2-7-15-21/h1-19,28H. The first-order valence-electron chi connectivity index (χ1n) is 9.68. The fraction of sp³-hybridized carbons (Fsp3) is 0. The number of hydrogen-bond donors (Lipinski definition) is 1. The van der Waals surface area contributed by atoms with Gasteiger partial charge in [0.15, 0.2) is 0 Å². The Bertz CT molecular complexity index is 1120. The molecule has 1 nitrogen and oxygen atoms in total. The van der Waals surface area contributed by atoms with Crippen LogP contribution in [0.3, 0.4) is 0 Å². The predicted octanol–water partition coefficient (Wildman–Crippen LogP) is 5.51. The molecule has 5 rings (SSSR count). The molecule has 0 fully saturated rings. The van der Waals surface area contributed by atoms with Crippen molar-refractivity contribution in [2.45, 2.75) is 0 Å². The maximum absolute atomic E-state index is 3.80. The van der Waals surface area contributed by atoms with Crippen molar-refractivity contribution in [3.05, 3.63) is 132 Å². The molecule has 28 heavy (non-hydrogen) atoms. The second kappa shape index (κ2) is 7.24. The molecule has 0 bridgehead atoms. The van der Waals surface area contributed by atoms with E-state index in [1.807, 2.05) is 0 Å². The first kappa shape index (κ1) is 16.6. The highest BCUT2D eigenvalue weighted by molar-refractivity contribution is 6.94. The van der Waals surface area contributed by atoms with Crippen LogP contribution in [-0.4, -0.2) is 6.85 Å². The zero-order chi connectivity index (χ0) is 18.8. The van der Waals surface area contributed by atoms with Crippen molar-refractivity contribution in [2.75, 3.05) is 5.23 Å². The molecular formula is C26H20BN. The van der Waals surface area contributed by atoms with E-state index in [9.17, 15) is 0 Å². The van der Waals surface area contributed by atoms with E-state index in [0.29, 0.717) is 0 Å². The summed E-state index contributed by atoms with van der Waals surface area (Å²) < 4.78 is 0. The number of rotatable bonds is 3. The van der Waals surface area contributed by atoms with E-state index in [1.54, 1.807) is 0 Å². The second-order valence-corrected chi connectivity index (χ2v) is 7.05. The normalized spacial score (nSPS) is 13.1. The summed E-state index contributed by atoms with van der Waals surface area (Å²) in [6.45, 7) is 0.0914. The largest absolute Gasteiger partial charge is 0.420 e. The average Bonchev–Trinajstić information content (AvgIpc) is 2.79. The summed E-state index contributed by atoms with van der Waals surface area (Å²) in [5, 5.41) is 3.80. The number of hydrogen-bond acceptors (Lipinski definition) is 1. The summed E-state index contributed by atoms with van der Waals surface area (Å²) in [5.74, 6) is 0. The van der Waals surface area contributed by atoms with Gasteiger partial charge in [0.2, 0.25) is 0 Å². The Morgan fingerprint density at radius 3 is 1.71 bits per heavy atom. The Hall–Kier alpha value is -3.52. The van der Waals surface area contributed by atoms with Gasteiger partial charge in [-0.1, -0.05) is 115 Å². The minimum absolute atomic E-state index is 0.0914. The van der Waals surface area contributed by atoms with Gasteiger partial charge in [-0.3, -0.25) is 0 Å². The molecule has 0 atom stereocenters. The van der Waals surface area contributed by atoms with Gasteiger partial charge in [-0.2, -0.15) is 0 Å². The molecule has 4 aromatic carbocycles. The molecule has 1 N–H and O–H groups in total. The van der Waals surface area contributed by atoms with Gasteiger partial charge >= 0.3 is 6.85 Å². The van der Waals surface area contributed by atoms with Crippen molar-refractivity contribution >= 4 is 29.0 Å². The molecule has 132 valence electrons. The lowest BCUT2D eigenvalue weighted by molar-refractivity contribution is 1.51. The molecule has 0 spiro atoms. The van der Waals surface area contributed by atoms with Crippen LogP contribution in [0.15, 0.2) is 115 Å². The second-order valence-electron chi connectivity index (χ2n) is 7.05. The third-order valence-electron chi connectivity index (χ3n) is 5.33. The van der Waals surface area contributed by atoms with Gasteiger partial charge in [0.25, 0.3) is 0 Å². The minimum Gasteiger partial charge on any atom is -0.420 e. The van der Waals surface area contributed by atoms with E-state index in [4.69, 9.17) is 0 Å². The molecule has 0 radical (unpaired) electrons. The number of nitrogens with one attached hydrogen (secondary N) is 1. The highest BCUT2D eigenvalue weighted by Crippen LogP contribution is 2.40. The summed E-state index contributed by atoms with van der Waals surface area (Å²) in [6.07, 6.45) is 0. The van der Waals surface area contributed by atoms with Crippen molar-refractivity contribution in [1.82, 2.24) is 0 Å². The molecule has 0 aromatic heterocycles. The van der Waals surface area contributed by atoms with Gasteiger partial charge < -0.3 is 5.23 Å². The van der Waals surface area contributed by atoms with Gasteiger partial charge in [-0.05, 0) is 28.2 Å². The summed E-state index contributed by atoms with van der Waals surface area (Å²) >= 11 is 0. The first-order chi connectivity index (χ1) is 13.9. The molecular weight excluding hydrogens is 337 g/mol. The summed E-state index contributed by atoms with van der Waals surface area (Å²) in [6, 6.07) is 40.8. The molecule has 4 aromatic rings. The Kier molecular flexibility index (Phi) is 4.31. The van der Waals surface area contributed by atoms with Gasteiger partial charge in [0.1, 0.15) is 0 Å². The van der Waals surface area contributed by atoms with E-state index in [0.717, 1.165) is 0 Å². The first-order valence-corrected chi connectivity index (χ1v) is 9.68. The van der Waals surface area contributed by atoms with Crippen molar-refractivity contribution in [3.8, 4) is 0 Å². The van der Waals surface area contributed by atoms with Crippen molar-refractivity contribution in [1.29, 1.82) is 0 Å². The summed E-state index contributed by atoms with van der Waals surface area (Å²) in [7, 11) is 0. The zero-order valence-electron chi connectivity index (χ0n) is 15.5. The fourth-order valence-corrected chi connectivity index (χ4v) is 4.08. The fourth-order valence-electron chi connectivity index (χ4n) is 4.08. The van der Waals surface area contributed by atoms with Crippen LogP contribution in [0.1, 0.15) is 16.7 Å². The third-order valence-corrected chi connectivity index (χ3v) is 5.33. The van der Waals surface area contributed by atoms with Crippen molar-refractivity contribution in [2.24, 2.45) is 0 Å². The van der Waals surface area contributed by atoms with Crippen LogP contribution >= 0.6 is 0 Å². The summed E-state index contributed by atoms with van der Waals surface area (Å²) in [5.41, 5.74) is 8.80. The SMILES string of the molecule is c1ccc(B2Nc3ccccc3C(c3ccccc3)=C2c2ccccc2)cc1. The van der Waals surface area contributed by atoms with Crippen LogP contribution in [0.5, 0.6) is 0 Å². The highest BCUT2D eigenvalue weighted by atomic mass is 14.8. The van der Waals surface area contributed by atoms with Crippen LogP contribution < -0.4 is 10.7 Å². The molecule has 0 saturated carbocycles.